The Morgan fingerprint density at radius 2 is 1.47 bits per heavy atom. The van der Waals surface area contributed by atoms with E-state index in [1.165, 1.54) is 13.1 Å². The predicted molar refractivity (Wildman–Crippen MR) is 123 cm³/mol. The van der Waals surface area contributed by atoms with Gasteiger partial charge in [-0.2, -0.15) is 0 Å². The molecule has 1 aromatic rings. The molecule has 0 bridgehead atoms. The first-order chi connectivity index (χ1) is 14.1. The summed E-state index contributed by atoms with van der Waals surface area (Å²) in [7, 11) is 1.37. The number of likely N-dealkylation sites (N-methyl/N-ethyl adjacent to an activating group) is 1. The Balaban J connectivity index is 3.45. The molecule has 7 N–H and O–H groups in total. The minimum atomic E-state index is -1.17. The van der Waals surface area contributed by atoms with Crippen LogP contribution in [0.2, 0.25) is 0 Å². The van der Waals surface area contributed by atoms with E-state index in [1.807, 2.05) is 22.6 Å². The van der Waals surface area contributed by atoms with Crippen LogP contribution in [0.1, 0.15) is 20.7 Å². The summed E-state index contributed by atoms with van der Waals surface area (Å²) in [5, 5.41) is 50.8. The van der Waals surface area contributed by atoms with Gasteiger partial charge < -0.3 is 41.1 Å². The fourth-order valence-electron chi connectivity index (χ4n) is 2.21. The molecule has 2 atom stereocenters. The van der Waals surface area contributed by atoms with E-state index in [0.29, 0.717) is 3.57 Å². The van der Waals surface area contributed by atoms with Gasteiger partial charge in [-0.3, -0.25) is 14.4 Å². The smallest absolute Gasteiger partial charge is 0.253 e. The van der Waals surface area contributed by atoms with Crippen molar-refractivity contribution in [2.75, 3.05) is 44.9 Å². The highest BCUT2D eigenvalue weighted by Gasteiger charge is 2.27. The van der Waals surface area contributed by atoms with Gasteiger partial charge in [0.1, 0.15) is 6.61 Å². The molecule has 0 spiro atoms. The number of amides is 3. The van der Waals surface area contributed by atoms with Crippen LogP contribution in [0.5, 0.6) is 0 Å². The maximum atomic E-state index is 12.7. The highest BCUT2D eigenvalue weighted by atomic mass is 127. The quantitative estimate of drug-likeness (QED) is 0.142. The van der Waals surface area contributed by atoms with Gasteiger partial charge >= 0.3 is 0 Å². The zero-order valence-electron chi connectivity index (χ0n) is 15.9. The first-order valence-electron chi connectivity index (χ1n) is 8.62. The first-order valence-corrected chi connectivity index (χ1v) is 10.8. The van der Waals surface area contributed by atoms with Crippen molar-refractivity contribution < 1.29 is 39.9 Å². The molecule has 0 fully saturated rings. The SMILES string of the molecule is CN(C(=O)CO)c1cc(C(=O)NCC(O)CO)c(I)c(C(=O)NCC(O)CO)c1I. The van der Waals surface area contributed by atoms with Gasteiger partial charge in [-0.05, 0) is 51.2 Å². The average molecular weight is 651 g/mol. The number of benzene rings is 1. The molecule has 0 aromatic heterocycles. The number of hydrogen-bond donors (Lipinski definition) is 7. The molecule has 0 heterocycles. The zero-order valence-corrected chi connectivity index (χ0v) is 20.2. The molecule has 13 heteroatoms. The molecule has 0 aliphatic heterocycles. The van der Waals surface area contributed by atoms with Crippen LogP contribution in [0.25, 0.3) is 0 Å². The molecule has 0 aliphatic carbocycles. The van der Waals surface area contributed by atoms with Crippen LogP contribution < -0.4 is 15.5 Å². The predicted octanol–water partition coefficient (Wildman–Crippen LogP) is -1.98. The number of nitrogens with one attached hydrogen (secondary N) is 2. The highest BCUT2D eigenvalue weighted by Crippen LogP contribution is 2.32. The molecule has 11 nitrogen and oxygen atoms in total. The fraction of sp³-hybridized carbons (Fsp3) is 0.471. The monoisotopic (exact) mass is 651 g/mol. The van der Waals surface area contributed by atoms with E-state index in [2.05, 4.69) is 10.6 Å². The molecular weight excluding hydrogens is 628 g/mol. The third-order valence-electron chi connectivity index (χ3n) is 3.94. The standard InChI is InChI=1S/C17H23I2N3O8/c1-22(12(28)7-25)11-2-10(16(29)20-3-8(26)5-23)14(18)13(15(11)19)17(30)21-4-9(27)6-24/h2,8-9,23-27H,3-7H2,1H3,(H,20,29)(H,21,30). The molecule has 0 saturated heterocycles. The van der Waals surface area contributed by atoms with E-state index in [0.717, 1.165) is 4.90 Å². The lowest BCUT2D eigenvalue weighted by Crippen LogP contribution is -2.37. The summed E-state index contributed by atoms with van der Waals surface area (Å²) < 4.78 is 0.571. The van der Waals surface area contributed by atoms with Gasteiger partial charge in [-0.25, -0.2) is 0 Å². The lowest BCUT2D eigenvalue weighted by atomic mass is 10.1. The molecule has 0 saturated carbocycles. The van der Waals surface area contributed by atoms with E-state index < -0.39 is 49.8 Å². The van der Waals surface area contributed by atoms with Crippen LogP contribution >= 0.6 is 45.2 Å². The Labute approximate surface area is 199 Å². The third kappa shape index (κ3) is 6.96. The maximum Gasteiger partial charge on any atom is 0.253 e. The van der Waals surface area contributed by atoms with Gasteiger partial charge in [0.2, 0.25) is 0 Å². The number of hydrogen-bond acceptors (Lipinski definition) is 8. The van der Waals surface area contributed by atoms with Crippen molar-refractivity contribution in [3.8, 4) is 0 Å². The van der Waals surface area contributed by atoms with Gasteiger partial charge in [0.25, 0.3) is 17.7 Å². The van der Waals surface area contributed by atoms with Crippen molar-refractivity contribution in [2.45, 2.75) is 12.2 Å². The largest absolute Gasteiger partial charge is 0.394 e. The Kier molecular flexibility index (Phi) is 11.4. The lowest BCUT2D eigenvalue weighted by Gasteiger charge is -2.22. The van der Waals surface area contributed by atoms with E-state index in [4.69, 9.17) is 15.3 Å². The molecule has 1 rings (SSSR count). The van der Waals surface area contributed by atoms with Crippen LogP contribution in [0.3, 0.4) is 0 Å². The summed E-state index contributed by atoms with van der Waals surface area (Å²) >= 11 is 3.63. The highest BCUT2D eigenvalue weighted by molar-refractivity contribution is 14.1. The summed E-state index contributed by atoms with van der Waals surface area (Å²) in [4.78, 5) is 38.4. The second-order valence-corrected chi connectivity index (χ2v) is 8.31. The van der Waals surface area contributed by atoms with Crippen molar-refractivity contribution in [1.29, 1.82) is 0 Å². The van der Waals surface area contributed by atoms with Crippen molar-refractivity contribution >= 4 is 68.6 Å². The van der Waals surface area contributed by atoms with Crippen LogP contribution in [0, 0.1) is 7.14 Å². The van der Waals surface area contributed by atoms with E-state index in [1.54, 1.807) is 22.6 Å². The number of carbonyl (C=O) groups is 3. The minimum Gasteiger partial charge on any atom is -0.394 e. The van der Waals surface area contributed by atoms with Gasteiger partial charge in [-0.15, -0.1) is 0 Å². The first kappa shape index (κ1) is 26.9. The van der Waals surface area contributed by atoms with E-state index >= 15 is 0 Å². The van der Waals surface area contributed by atoms with E-state index in [-0.39, 0.29) is 33.5 Å². The average Bonchev–Trinajstić information content (AvgIpc) is 2.74. The molecule has 1 aromatic carbocycles. The maximum absolute atomic E-state index is 12.7. The van der Waals surface area contributed by atoms with Gasteiger partial charge in [0, 0.05) is 23.7 Å². The summed E-state index contributed by atoms with van der Waals surface area (Å²) in [5.74, 6) is -1.97. The Morgan fingerprint density at radius 1 is 0.967 bits per heavy atom. The number of halogens is 2. The van der Waals surface area contributed by atoms with Crippen LogP contribution in [0.15, 0.2) is 6.07 Å². The Bertz CT molecular complexity index is 793. The molecule has 3 amide bonds. The van der Waals surface area contributed by atoms with Crippen LogP contribution in [-0.2, 0) is 4.79 Å². The second kappa shape index (κ2) is 12.7. The molecule has 168 valence electrons. The second-order valence-electron chi connectivity index (χ2n) is 6.15. The fourth-order valence-corrected chi connectivity index (χ4v) is 4.67. The number of aliphatic hydroxyl groups excluding tert-OH is 5. The van der Waals surface area contributed by atoms with Gasteiger partial charge in [-0.1, -0.05) is 0 Å². The number of aliphatic hydroxyl groups is 5. The topological polar surface area (TPSA) is 180 Å². The van der Waals surface area contributed by atoms with Gasteiger partial charge in [0.15, 0.2) is 0 Å². The van der Waals surface area contributed by atoms with Crippen LogP contribution in [0.4, 0.5) is 5.69 Å². The molecule has 30 heavy (non-hydrogen) atoms. The normalized spacial score (nSPS) is 12.8. The summed E-state index contributed by atoms with van der Waals surface area (Å²) in [6, 6.07) is 1.37. The van der Waals surface area contributed by atoms with E-state index in [9.17, 15) is 24.6 Å². The van der Waals surface area contributed by atoms with Gasteiger partial charge in [0.05, 0.1) is 45.8 Å². The summed E-state index contributed by atoms with van der Waals surface area (Å²) in [5.41, 5.74) is 0.279. The number of carbonyl (C=O) groups excluding carboxylic acids is 3. The molecule has 0 aliphatic rings. The number of rotatable bonds is 10. The van der Waals surface area contributed by atoms with Crippen molar-refractivity contribution in [1.82, 2.24) is 10.6 Å². The Morgan fingerprint density at radius 3 is 1.93 bits per heavy atom. The molecule has 0 radical (unpaired) electrons. The minimum absolute atomic E-state index is 0.0293. The Hall–Kier alpha value is -1.11. The zero-order chi connectivity index (χ0) is 23.0. The van der Waals surface area contributed by atoms with Crippen molar-refractivity contribution in [3.05, 3.63) is 24.3 Å². The van der Waals surface area contributed by atoms with Crippen molar-refractivity contribution in [2.24, 2.45) is 0 Å². The lowest BCUT2D eigenvalue weighted by molar-refractivity contribution is -0.120. The third-order valence-corrected chi connectivity index (χ3v) is 6.15. The number of nitrogens with zero attached hydrogens (tertiary/aromatic N) is 1. The summed E-state index contributed by atoms with van der Waals surface area (Å²) in [6.07, 6.45) is -2.34. The molecule has 2 unspecified atom stereocenters. The summed E-state index contributed by atoms with van der Waals surface area (Å²) in [6.45, 7) is -2.36. The van der Waals surface area contributed by atoms with Crippen molar-refractivity contribution in [3.63, 3.8) is 0 Å². The number of anilines is 1. The molecular formula is C17H23I2N3O8. The van der Waals surface area contributed by atoms with Crippen LogP contribution in [-0.4, -0.2) is 95.4 Å².